The van der Waals surface area contributed by atoms with Crippen molar-refractivity contribution in [2.75, 3.05) is 26.2 Å². The Balaban J connectivity index is 0.000000177. The fourth-order valence-electron chi connectivity index (χ4n) is 0.836. The van der Waals surface area contributed by atoms with Crippen LogP contribution in [0.4, 0.5) is 0 Å². The summed E-state index contributed by atoms with van der Waals surface area (Å²) < 4.78 is 0. The van der Waals surface area contributed by atoms with Crippen molar-refractivity contribution in [3.8, 4) is 0 Å². The van der Waals surface area contributed by atoms with Gasteiger partial charge in [-0.2, -0.15) is 25.9 Å². The van der Waals surface area contributed by atoms with Gasteiger partial charge in [-0.1, -0.05) is 6.42 Å². The first kappa shape index (κ1) is 12.0. The maximum absolute atomic E-state index is 3.92. The largest absolute Gasteiger partial charge is 2.00 e. The molecule has 2 fully saturated rings. The van der Waals surface area contributed by atoms with E-state index in [2.05, 4.69) is 17.1 Å². The Hall–Kier alpha value is 0.972. The number of hydrogen-bond donors (Lipinski definition) is 1. The van der Waals surface area contributed by atoms with Crippen LogP contribution < -0.4 is 5.32 Å². The van der Waals surface area contributed by atoms with Crippen molar-refractivity contribution in [3.63, 3.8) is 0 Å². The third-order valence-corrected chi connectivity index (χ3v) is 1.68. The molecule has 0 unspecified atom stereocenters. The minimum atomic E-state index is 0. The second-order valence-corrected chi connectivity index (χ2v) is 2.64. The van der Waals surface area contributed by atoms with Gasteiger partial charge in [-0.25, -0.2) is 0 Å². The molecule has 0 aromatic heterocycles. The quantitative estimate of drug-likeness (QED) is 0.633. The Bertz CT molecular complexity index is 55.0. The zero-order chi connectivity index (χ0) is 7.07. The number of nitrogens with zero attached hydrogens (tertiary/aromatic N) is 1. The molecule has 0 spiro atoms. The molecule has 0 aromatic carbocycles. The van der Waals surface area contributed by atoms with Gasteiger partial charge >= 0.3 is 31.1 Å². The van der Waals surface area contributed by atoms with Crippen LogP contribution in [0.3, 0.4) is 0 Å². The molecule has 62 valence electrons. The van der Waals surface area contributed by atoms with Crippen molar-refractivity contribution < 1.29 is 31.1 Å². The average Bonchev–Trinajstić information content (AvgIpc) is 1.88. The molecule has 0 aliphatic carbocycles. The van der Waals surface area contributed by atoms with Crippen molar-refractivity contribution >= 4 is 0 Å². The maximum Gasteiger partial charge on any atom is 2.00 e. The van der Waals surface area contributed by atoms with Gasteiger partial charge in [-0.05, 0) is 13.1 Å². The molecule has 0 saturated carbocycles. The molecule has 2 nitrogen and oxygen atoms in total. The van der Waals surface area contributed by atoms with Crippen LogP contribution in [0.1, 0.15) is 19.3 Å². The number of rotatable bonds is 0. The van der Waals surface area contributed by atoms with Crippen LogP contribution in [0, 0.1) is 37.5 Å². The maximum atomic E-state index is 3.92. The molecular weight excluding hydrogens is 362 g/mol. The molecule has 11 heavy (non-hydrogen) atoms. The van der Waals surface area contributed by atoms with Crippen LogP contribution >= 0.6 is 0 Å². The fraction of sp³-hybridized carbons (Fsp3) is 0.875. The predicted molar refractivity (Wildman–Crippen MR) is 44.1 cm³/mol. The van der Waals surface area contributed by atoms with Gasteiger partial charge in [-0.3, -0.25) is 0 Å². The summed E-state index contributed by atoms with van der Waals surface area (Å²) in [6.45, 7) is 4.64. The molecule has 0 radical (unpaired) electrons. The summed E-state index contributed by atoms with van der Waals surface area (Å²) in [4.78, 5) is 0. The minimum Gasteiger partial charge on any atom is -0.662 e. The first-order valence-corrected chi connectivity index (χ1v) is 4.16. The third-order valence-electron chi connectivity index (χ3n) is 1.68. The first-order chi connectivity index (χ1) is 5.00. The zero-order valence-corrected chi connectivity index (χ0v) is 11.1. The molecular formula is C8H16N2U. The van der Waals surface area contributed by atoms with Crippen LogP contribution in [0.25, 0.3) is 5.32 Å². The summed E-state index contributed by atoms with van der Waals surface area (Å²) in [5.74, 6) is 0. The Morgan fingerprint density at radius 1 is 1.09 bits per heavy atom. The average molecular weight is 378 g/mol. The smallest absolute Gasteiger partial charge is 0.662 e. The predicted octanol–water partition coefficient (Wildman–Crippen LogP) is 1.34. The molecule has 2 saturated heterocycles. The van der Waals surface area contributed by atoms with Crippen LogP contribution in [-0.4, -0.2) is 26.2 Å². The van der Waals surface area contributed by atoms with Crippen molar-refractivity contribution in [2.45, 2.75) is 19.3 Å². The summed E-state index contributed by atoms with van der Waals surface area (Å²) in [6, 6.07) is 0. The molecule has 0 aromatic rings. The van der Waals surface area contributed by atoms with Gasteiger partial charge in [0.05, 0.1) is 0 Å². The monoisotopic (exact) mass is 378 g/mol. The van der Waals surface area contributed by atoms with Crippen LogP contribution in [0.5, 0.6) is 0 Å². The number of piperidine rings is 1. The van der Waals surface area contributed by atoms with Crippen molar-refractivity contribution in [1.82, 2.24) is 5.32 Å². The Labute approximate surface area is 93.3 Å². The number of nitrogens with one attached hydrogen (secondary N) is 1. The van der Waals surface area contributed by atoms with E-state index in [9.17, 15) is 0 Å². The molecule has 0 bridgehead atoms. The molecule has 2 heterocycles. The van der Waals surface area contributed by atoms with E-state index in [1.807, 2.05) is 0 Å². The van der Waals surface area contributed by atoms with E-state index in [0.717, 1.165) is 13.1 Å². The van der Waals surface area contributed by atoms with E-state index in [-0.39, 0.29) is 31.1 Å². The molecule has 0 atom stereocenters. The SMILES string of the molecule is C1C[N-]C1.[CH-]1CCNCC1.[U+2]. The van der Waals surface area contributed by atoms with Gasteiger partial charge in [0.25, 0.3) is 0 Å². The molecule has 0 amide bonds. The van der Waals surface area contributed by atoms with E-state index < -0.39 is 0 Å². The summed E-state index contributed by atoms with van der Waals surface area (Å²) in [7, 11) is 0. The normalized spacial score (nSPS) is 21.8. The summed E-state index contributed by atoms with van der Waals surface area (Å²) >= 11 is 0. The standard InChI is InChI=1S/C5H10N.C3H6N.U/c1-2-4-6-5-3-1;1-2-4-3-1;/h1,6H,2-5H2;1-3H2;/q2*-1;+2. The van der Waals surface area contributed by atoms with Crippen molar-refractivity contribution in [1.29, 1.82) is 0 Å². The third kappa shape index (κ3) is 7.34. The van der Waals surface area contributed by atoms with Crippen molar-refractivity contribution in [3.05, 3.63) is 11.7 Å². The van der Waals surface area contributed by atoms with E-state index in [4.69, 9.17) is 0 Å². The van der Waals surface area contributed by atoms with Crippen LogP contribution in [0.15, 0.2) is 0 Å². The summed E-state index contributed by atoms with van der Waals surface area (Å²) in [6.07, 6.45) is 6.19. The Morgan fingerprint density at radius 2 is 1.55 bits per heavy atom. The van der Waals surface area contributed by atoms with Gasteiger partial charge in [-0.15, -0.1) is 0 Å². The van der Waals surface area contributed by atoms with E-state index in [1.54, 1.807) is 0 Å². The second kappa shape index (κ2) is 9.06. The minimum absolute atomic E-state index is 0. The zero-order valence-electron chi connectivity index (χ0n) is 6.97. The van der Waals surface area contributed by atoms with Gasteiger partial charge in [0.15, 0.2) is 0 Å². The molecule has 2 aliphatic heterocycles. The Morgan fingerprint density at radius 3 is 1.64 bits per heavy atom. The van der Waals surface area contributed by atoms with Gasteiger partial charge in [0, 0.05) is 0 Å². The van der Waals surface area contributed by atoms with E-state index in [0.29, 0.717) is 0 Å². The Kier molecular flexibility index (Phi) is 9.86. The molecule has 2 rings (SSSR count). The van der Waals surface area contributed by atoms with Crippen LogP contribution in [0.2, 0.25) is 0 Å². The van der Waals surface area contributed by atoms with E-state index >= 15 is 0 Å². The van der Waals surface area contributed by atoms with Crippen LogP contribution in [-0.2, 0) is 0 Å². The summed E-state index contributed by atoms with van der Waals surface area (Å²) in [5, 5.41) is 7.17. The molecule has 2 aliphatic rings. The fourth-order valence-corrected chi connectivity index (χ4v) is 0.836. The molecule has 1 N–H and O–H groups in total. The first-order valence-electron chi connectivity index (χ1n) is 4.16. The number of hydrogen-bond acceptors (Lipinski definition) is 1. The van der Waals surface area contributed by atoms with Gasteiger partial charge in [0.2, 0.25) is 0 Å². The van der Waals surface area contributed by atoms with Gasteiger partial charge < -0.3 is 17.1 Å². The second-order valence-electron chi connectivity index (χ2n) is 2.64. The van der Waals surface area contributed by atoms with E-state index in [1.165, 1.54) is 32.4 Å². The van der Waals surface area contributed by atoms with Crippen molar-refractivity contribution in [2.24, 2.45) is 0 Å². The molecule has 3 heteroatoms. The summed E-state index contributed by atoms with van der Waals surface area (Å²) in [5.41, 5.74) is 0. The topological polar surface area (TPSA) is 26.1 Å². The van der Waals surface area contributed by atoms with Gasteiger partial charge in [0.1, 0.15) is 0 Å².